The summed E-state index contributed by atoms with van der Waals surface area (Å²) in [6, 6.07) is 7.66. The highest BCUT2D eigenvalue weighted by atomic mass is 19.3. The molecule has 1 aromatic carbocycles. The molecular weight excluding hydrogens is 430 g/mol. The lowest BCUT2D eigenvalue weighted by Gasteiger charge is -2.33. The third-order valence-corrected chi connectivity index (χ3v) is 6.19. The first-order valence-electron chi connectivity index (χ1n) is 11.2. The Morgan fingerprint density at radius 1 is 1.18 bits per heavy atom. The van der Waals surface area contributed by atoms with Crippen molar-refractivity contribution in [1.29, 1.82) is 0 Å². The molecule has 1 fully saturated rings. The summed E-state index contributed by atoms with van der Waals surface area (Å²) in [5, 5.41) is 9.01. The smallest absolute Gasteiger partial charge is 0.250 e. The lowest BCUT2D eigenvalue weighted by atomic mass is 9.97. The number of hydrogen-bond donors (Lipinski definition) is 3. The summed E-state index contributed by atoms with van der Waals surface area (Å²) >= 11 is 0. The highest BCUT2D eigenvalue weighted by Gasteiger charge is 2.24. The van der Waals surface area contributed by atoms with Gasteiger partial charge in [-0.05, 0) is 49.4 Å². The fourth-order valence-corrected chi connectivity index (χ4v) is 4.44. The van der Waals surface area contributed by atoms with E-state index in [0.717, 1.165) is 55.1 Å². The predicted octanol–water partition coefficient (Wildman–Crippen LogP) is 3.92. The molecule has 4 heterocycles. The summed E-state index contributed by atoms with van der Waals surface area (Å²) in [4.78, 5) is 23.2. The van der Waals surface area contributed by atoms with Gasteiger partial charge in [-0.25, -0.2) is 13.8 Å². The molecule has 2 aliphatic rings. The van der Waals surface area contributed by atoms with Crippen LogP contribution in [0.15, 0.2) is 34.9 Å². The number of anilines is 4. The van der Waals surface area contributed by atoms with Crippen molar-refractivity contribution >= 4 is 40.1 Å². The summed E-state index contributed by atoms with van der Waals surface area (Å²) in [6.07, 6.45) is 2.28. The molecule has 174 valence electrons. The second-order valence-electron chi connectivity index (χ2n) is 8.53. The number of fused-ring (bicyclic) bond motifs is 2. The van der Waals surface area contributed by atoms with Gasteiger partial charge in [0.25, 0.3) is 6.43 Å². The molecule has 1 saturated heterocycles. The number of hydrogen-bond acceptors (Lipinski definition) is 7. The van der Waals surface area contributed by atoms with Crippen LogP contribution in [0.25, 0.3) is 11.1 Å². The molecule has 0 spiro atoms. The van der Waals surface area contributed by atoms with Gasteiger partial charge in [0.2, 0.25) is 11.9 Å². The van der Waals surface area contributed by atoms with Crippen LogP contribution in [-0.4, -0.2) is 48.5 Å². The van der Waals surface area contributed by atoms with Crippen molar-refractivity contribution in [3.8, 4) is 0 Å². The van der Waals surface area contributed by atoms with Crippen molar-refractivity contribution in [2.45, 2.75) is 32.1 Å². The van der Waals surface area contributed by atoms with Crippen molar-refractivity contribution in [1.82, 2.24) is 15.3 Å². The molecule has 0 unspecified atom stereocenters. The maximum Gasteiger partial charge on any atom is 0.250 e. The zero-order valence-electron chi connectivity index (χ0n) is 18.1. The van der Waals surface area contributed by atoms with Gasteiger partial charge >= 0.3 is 0 Å². The summed E-state index contributed by atoms with van der Waals surface area (Å²) in [6.45, 7) is 1.86. The number of furan rings is 1. The third-order valence-electron chi connectivity index (χ3n) is 6.19. The Morgan fingerprint density at radius 3 is 2.85 bits per heavy atom. The second kappa shape index (κ2) is 9.30. The largest absolute Gasteiger partial charge is 0.459 e. The van der Waals surface area contributed by atoms with Gasteiger partial charge in [-0.3, -0.25) is 4.79 Å². The number of benzene rings is 1. The first-order valence-corrected chi connectivity index (χ1v) is 11.2. The molecule has 0 radical (unpaired) electrons. The van der Waals surface area contributed by atoms with Gasteiger partial charge in [-0.15, -0.1) is 0 Å². The maximum atomic E-state index is 12.4. The monoisotopic (exact) mass is 456 g/mol. The van der Waals surface area contributed by atoms with E-state index in [4.69, 9.17) is 9.40 Å². The number of carbonyl (C=O) groups is 1. The van der Waals surface area contributed by atoms with Crippen LogP contribution in [0.1, 0.15) is 24.8 Å². The van der Waals surface area contributed by atoms with Gasteiger partial charge in [0, 0.05) is 37.0 Å². The van der Waals surface area contributed by atoms with E-state index in [2.05, 4.69) is 25.8 Å². The number of carbonyl (C=O) groups excluding carboxylic acids is 1. The van der Waals surface area contributed by atoms with Crippen LogP contribution in [0.5, 0.6) is 0 Å². The van der Waals surface area contributed by atoms with Crippen molar-refractivity contribution in [3.05, 3.63) is 36.1 Å². The van der Waals surface area contributed by atoms with Crippen molar-refractivity contribution in [3.63, 3.8) is 0 Å². The topological polar surface area (TPSA) is 95.3 Å². The molecule has 1 amide bonds. The number of nitrogens with zero attached hydrogens (tertiary/aromatic N) is 3. The maximum absolute atomic E-state index is 12.4. The first kappa shape index (κ1) is 21.6. The van der Waals surface area contributed by atoms with Crippen LogP contribution in [0.4, 0.5) is 31.9 Å². The van der Waals surface area contributed by atoms with Gasteiger partial charge in [-0.1, -0.05) is 6.07 Å². The normalized spacial score (nSPS) is 16.8. The molecule has 0 saturated carbocycles. The van der Waals surface area contributed by atoms with E-state index in [1.807, 2.05) is 18.2 Å². The number of piperidine rings is 1. The van der Waals surface area contributed by atoms with Crippen molar-refractivity contribution < 1.29 is 18.0 Å². The number of nitrogens with one attached hydrogen (secondary N) is 3. The van der Waals surface area contributed by atoms with Crippen LogP contribution in [0, 0.1) is 5.92 Å². The average Bonchev–Trinajstić information content (AvgIpc) is 3.27. The number of amides is 1. The Balaban J connectivity index is 1.31. The fraction of sp³-hybridized carbons (Fsp3) is 0.435. The molecule has 33 heavy (non-hydrogen) atoms. The average molecular weight is 456 g/mol. The first-order chi connectivity index (χ1) is 16.0. The summed E-state index contributed by atoms with van der Waals surface area (Å²) in [7, 11) is 0. The van der Waals surface area contributed by atoms with Crippen LogP contribution in [-0.2, 0) is 11.2 Å². The zero-order valence-corrected chi connectivity index (χ0v) is 18.1. The van der Waals surface area contributed by atoms with E-state index >= 15 is 0 Å². The molecule has 3 aromatic rings. The van der Waals surface area contributed by atoms with E-state index in [-0.39, 0.29) is 12.5 Å². The highest BCUT2D eigenvalue weighted by Crippen LogP contribution is 2.32. The van der Waals surface area contributed by atoms with Crippen molar-refractivity contribution in [2.24, 2.45) is 5.92 Å². The van der Waals surface area contributed by atoms with Crippen LogP contribution in [0.3, 0.4) is 0 Å². The standard InChI is InChI=1S/C23H26F2N6O2/c24-19(25)13-26-12-14-5-8-31(9-6-14)22-21-17(7-10-33-21)29-23(30-22)27-16-3-1-15-2-4-20(32)28-18(15)11-16/h1,3,7,10-11,14,19,26H,2,4-6,8-9,12-13H2,(H,28,32)(H,27,29,30). The Morgan fingerprint density at radius 2 is 2.03 bits per heavy atom. The lowest BCUT2D eigenvalue weighted by molar-refractivity contribution is -0.116. The SMILES string of the molecule is O=C1CCc2ccc(Nc3nc(N4CCC(CNCC(F)F)CC4)c4occc4n3)cc2N1. The molecule has 2 aliphatic heterocycles. The fourth-order valence-electron chi connectivity index (χ4n) is 4.44. The molecule has 0 atom stereocenters. The minimum Gasteiger partial charge on any atom is -0.459 e. The quantitative estimate of drug-likeness (QED) is 0.496. The van der Waals surface area contributed by atoms with E-state index in [1.165, 1.54) is 0 Å². The van der Waals surface area contributed by atoms with E-state index < -0.39 is 6.43 Å². The zero-order chi connectivity index (χ0) is 22.8. The van der Waals surface area contributed by atoms with Gasteiger partial charge in [0.05, 0.1) is 12.8 Å². The molecule has 0 aliphatic carbocycles. The minimum atomic E-state index is -2.32. The minimum absolute atomic E-state index is 0.0193. The Bertz CT molecular complexity index is 1140. The molecule has 5 rings (SSSR count). The summed E-state index contributed by atoms with van der Waals surface area (Å²) in [5.74, 6) is 1.54. The molecule has 0 bridgehead atoms. The number of aromatic nitrogens is 2. The summed E-state index contributed by atoms with van der Waals surface area (Å²) in [5.41, 5.74) is 4.04. The molecule has 3 N–H and O–H groups in total. The predicted molar refractivity (Wildman–Crippen MR) is 122 cm³/mol. The van der Waals surface area contributed by atoms with Crippen LogP contribution in [0.2, 0.25) is 0 Å². The molecule has 8 nitrogen and oxygen atoms in total. The van der Waals surface area contributed by atoms with Crippen molar-refractivity contribution in [2.75, 3.05) is 41.7 Å². The van der Waals surface area contributed by atoms with E-state index in [1.54, 1.807) is 12.3 Å². The number of aryl methyl sites for hydroxylation is 1. The molecule has 10 heteroatoms. The Labute approximate surface area is 189 Å². The van der Waals surface area contributed by atoms with E-state index in [9.17, 15) is 13.6 Å². The van der Waals surface area contributed by atoms with Gasteiger partial charge in [-0.2, -0.15) is 4.98 Å². The van der Waals surface area contributed by atoms with Gasteiger partial charge in [0.1, 0.15) is 5.52 Å². The van der Waals surface area contributed by atoms with Gasteiger partial charge in [0.15, 0.2) is 11.4 Å². The third kappa shape index (κ3) is 4.90. The lowest BCUT2D eigenvalue weighted by Crippen LogP contribution is -2.38. The Kier molecular flexibility index (Phi) is 6.08. The molecular formula is C23H26F2N6O2. The number of halogens is 2. The van der Waals surface area contributed by atoms with Gasteiger partial charge < -0.3 is 25.3 Å². The molecule has 2 aromatic heterocycles. The second-order valence-corrected chi connectivity index (χ2v) is 8.53. The highest BCUT2D eigenvalue weighted by molar-refractivity contribution is 5.94. The van der Waals surface area contributed by atoms with E-state index in [0.29, 0.717) is 35.9 Å². The summed E-state index contributed by atoms with van der Waals surface area (Å²) < 4.78 is 30.4. The number of rotatable bonds is 7. The van der Waals surface area contributed by atoms with Crippen LogP contribution >= 0.6 is 0 Å². The van der Waals surface area contributed by atoms with Crippen LogP contribution < -0.4 is 20.9 Å². The number of alkyl halides is 2. The Hall–Kier alpha value is -3.27.